The first-order chi connectivity index (χ1) is 12.5. The minimum Gasteiger partial charge on any atom is -0.335 e. The Morgan fingerprint density at radius 1 is 1.31 bits per heavy atom. The molecular weight excluding hydrogens is 388 g/mol. The minimum atomic E-state index is -0.450. The lowest BCUT2D eigenvalue weighted by Gasteiger charge is -2.14. The fraction of sp³-hybridized carbons (Fsp3) is 0.412. The number of para-hydroxylation sites is 1. The van der Waals surface area contributed by atoms with E-state index in [2.05, 4.69) is 15.7 Å². The number of rotatable bonds is 5. The van der Waals surface area contributed by atoms with Gasteiger partial charge in [-0.1, -0.05) is 54.1 Å². The third kappa shape index (κ3) is 4.93. The smallest absolute Gasteiger partial charge is 0.321 e. The number of hydrogen-bond donors (Lipinski definition) is 2. The largest absolute Gasteiger partial charge is 0.335 e. The van der Waals surface area contributed by atoms with Crippen LogP contribution < -0.4 is 10.6 Å². The highest BCUT2D eigenvalue weighted by atomic mass is 32.2. The standard InChI is InChI=1S/C17H20N4O2S3/c1-11(14(22)19-15(23)18-12-7-5-6-8-12)25-16-20-21(17(24)26-16)13-9-3-2-4-10-13/h2-4,9-12H,5-8H2,1H3,(H2,18,19,22,23)/t11-/m0/s1. The van der Waals surface area contributed by atoms with Crippen LogP contribution in [0.15, 0.2) is 34.7 Å². The molecule has 2 N–H and O–H groups in total. The van der Waals surface area contributed by atoms with E-state index in [9.17, 15) is 9.59 Å². The lowest BCUT2D eigenvalue weighted by molar-refractivity contribution is -0.119. The molecule has 3 rings (SSSR count). The van der Waals surface area contributed by atoms with Gasteiger partial charge in [0.2, 0.25) is 5.91 Å². The van der Waals surface area contributed by atoms with Gasteiger partial charge in [0.15, 0.2) is 8.29 Å². The van der Waals surface area contributed by atoms with Crippen LogP contribution in [0.1, 0.15) is 32.6 Å². The zero-order chi connectivity index (χ0) is 18.5. The van der Waals surface area contributed by atoms with E-state index in [4.69, 9.17) is 12.2 Å². The number of urea groups is 1. The molecule has 0 unspecified atom stereocenters. The average molecular weight is 409 g/mol. The number of imide groups is 1. The van der Waals surface area contributed by atoms with Crippen molar-refractivity contribution in [2.45, 2.75) is 48.2 Å². The predicted octanol–water partition coefficient (Wildman–Crippen LogP) is 3.91. The molecule has 1 aliphatic rings. The molecule has 1 saturated carbocycles. The number of carbonyl (C=O) groups excluding carboxylic acids is 2. The van der Waals surface area contributed by atoms with Crippen LogP contribution in [0.2, 0.25) is 0 Å². The molecule has 1 aromatic heterocycles. The molecule has 0 saturated heterocycles. The summed E-state index contributed by atoms with van der Waals surface area (Å²) in [7, 11) is 0. The van der Waals surface area contributed by atoms with Gasteiger partial charge in [-0.05, 0) is 44.1 Å². The highest BCUT2D eigenvalue weighted by molar-refractivity contribution is 8.02. The quantitative estimate of drug-likeness (QED) is 0.579. The van der Waals surface area contributed by atoms with Crippen molar-refractivity contribution in [2.24, 2.45) is 0 Å². The molecule has 1 atom stereocenters. The van der Waals surface area contributed by atoms with E-state index in [1.807, 2.05) is 30.3 Å². The Balaban J connectivity index is 1.57. The van der Waals surface area contributed by atoms with E-state index in [0.29, 0.717) is 8.29 Å². The zero-order valence-corrected chi connectivity index (χ0v) is 16.8. The molecule has 0 bridgehead atoms. The Morgan fingerprint density at radius 3 is 2.69 bits per heavy atom. The third-order valence-corrected chi connectivity index (χ3v) is 6.52. The lowest BCUT2D eigenvalue weighted by atomic mass is 10.2. The summed E-state index contributed by atoms with van der Waals surface area (Å²) in [6.07, 6.45) is 4.21. The van der Waals surface area contributed by atoms with E-state index >= 15 is 0 Å². The van der Waals surface area contributed by atoms with E-state index in [1.165, 1.54) is 23.1 Å². The second kappa shape index (κ2) is 8.79. The zero-order valence-electron chi connectivity index (χ0n) is 14.3. The topological polar surface area (TPSA) is 76.0 Å². The van der Waals surface area contributed by atoms with Crippen molar-refractivity contribution >= 4 is 47.3 Å². The lowest BCUT2D eigenvalue weighted by Crippen LogP contribution is -2.45. The van der Waals surface area contributed by atoms with Crippen LogP contribution in [0.25, 0.3) is 5.69 Å². The number of benzene rings is 1. The van der Waals surface area contributed by atoms with Crippen molar-refractivity contribution in [3.63, 3.8) is 0 Å². The van der Waals surface area contributed by atoms with Crippen LogP contribution in [-0.2, 0) is 4.79 Å². The Hall–Kier alpha value is -1.71. The van der Waals surface area contributed by atoms with Crippen molar-refractivity contribution in [3.8, 4) is 5.69 Å². The first-order valence-corrected chi connectivity index (χ1v) is 10.6. The van der Waals surface area contributed by atoms with Crippen LogP contribution in [-0.4, -0.2) is 33.0 Å². The second-order valence-corrected chi connectivity index (χ2v) is 9.30. The summed E-state index contributed by atoms with van der Waals surface area (Å²) in [4.78, 5) is 24.2. The number of aromatic nitrogens is 2. The number of nitrogens with zero attached hydrogens (tertiary/aromatic N) is 2. The number of nitrogens with one attached hydrogen (secondary N) is 2. The van der Waals surface area contributed by atoms with Crippen molar-refractivity contribution in [1.82, 2.24) is 20.4 Å². The predicted molar refractivity (Wildman–Crippen MR) is 107 cm³/mol. The minimum absolute atomic E-state index is 0.178. The molecule has 3 amide bonds. The van der Waals surface area contributed by atoms with Crippen molar-refractivity contribution in [3.05, 3.63) is 34.3 Å². The molecular formula is C17H20N4O2S3. The number of hydrogen-bond acceptors (Lipinski definition) is 6. The van der Waals surface area contributed by atoms with Gasteiger partial charge in [0.25, 0.3) is 0 Å². The van der Waals surface area contributed by atoms with Crippen molar-refractivity contribution < 1.29 is 9.59 Å². The van der Waals surface area contributed by atoms with Gasteiger partial charge in [0, 0.05) is 6.04 Å². The van der Waals surface area contributed by atoms with Crippen molar-refractivity contribution in [2.75, 3.05) is 0 Å². The van der Waals surface area contributed by atoms with Gasteiger partial charge in [-0.15, -0.1) is 5.10 Å². The van der Waals surface area contributed by atoms with Gasteiger partial charge in [0.1, 0.15) is 0 Å². The molecule has 0 radical (unpaired) electrons. The Morgan fingerprint density at radius 2 is 2.00 bits per heavy atom. The molecule has 1 heterocycles. The summed E-state index contributed by atoms with van der Waals surface area (Å²) >= 11 is 8.01. The fourth-order valence-corrected chi connectivity index (χ4v) is 5.26. The summed E-state index contributed by atoms with van der Waals surface area (Å²) in [5.41, 5.74) is 0.883. The molecule has 1 fully saturated rings. The molecule has 138 valence electrons. The molecule has 9 heteroatoms. The maximum atomic E-state index is 12.2. The summed E-state index contributed by atoms with van der Waals surface area (Å²) < 4.78 is 2.99. The number of thioether (sulfide) groups is 1. The highest BCUT2D eigenvalue weighted by Gasteiger charge is 2.22. The highest BCUT2D eigenvalue weighted by Crippen LogP contribution is 2.27. The summed E-state index contributed by atoms with van der Waals surface area (Å²) in [5, 5.41) is 9.29. The fourth-order valence-electron chi connectivity index (χ4n) is 2.75. The maximum absolute atomic E-state index is 12.2. The molecule has 0 aliphatic heterocycles. The van der Waals surface area contributed by atoms with Gasteiger partial charge in [0.05, 0.1) is 10.9 Å². The van der Waals surface area contributed by atoms with E-state index in [1.54, 1.807) is 11.6 Å². The Bertz CT molecular complexity index is 828. The molecule has 26 heavy (non-hydrogen) atoms. The van der Waals surface area contributed by atoms with Gasteiger partial charge >= 0.3 is 6.03 Å². The van der Waals surface area contributed by atoms with Crippen LogP contribution in [0.5, 0.6) is 0 Å². The molecule has 1 aromatic carbocycles. The first kappa shape index (κ1) is 19.1. The average Bonchev–Trinajstić information content (AvgIpc) is 3.25. The third-order valence-electron chi connectivity index (χ3n) is 4.10. The van der Waals surface area contributed by atoms with Gasteiger partial charge < -0.3 is 5.32 Å². The number of amides is 3. The summed E-state index contributed by atoms with van der Waals surface area (Å²) in [6, 6.07) is 9.37. The Kier molecular flexibility index (Phi) is 6.44. The molecule has 2 aromatic rings. The molecule has 0 spiro atoms. The normalized spacial score (nSPS) is 15.6. The molecule has 6 nitrogen and oxygen atoms in total. The Labute approximate surface area is 165 Å². The van der Waals surface area contributed by atoms with Crippen LogP contribution >= 0.6 is 35.3 Å². The SMILES string of the molecule is C[C@H](Sc1nn(-c2ccccc2)c(=S)s1)C(=O)NC(=O)NC1CCCC1. The van der Waals surface area contributed by atoms with Gasteiger partial charge in [-0.25, -0.2) is 9.48 Å². The van der Waals surface area contributed by atoms with Crippen molar-refractivity contribution in [1.29, 1.82) is 0 Å². The monoisotopic (exact) mass is 408 g/mol. The van der Waals surface area contributed by atoms with Crippen LogP contribution in [0, 0.1) is 3.95 Å². The van der Waals surface area contributed by atoms with Crippen LogP contribution in [0.4, 0.5) is 4.79 Å². The van der Waals surface area contributed by atoms with Gasteiger partial charge in [-0.2, -0.15) is 0 Å². The summed E-state index contributed by atoms with van der Waals surface area (Å²) in [5.74, 6) is -0.335. The molecule has 1 aliphatic carbocycles. The van der Waals surface area contributed by atoms with E-state index in [0.717, 1.165) is 31.4 Å². The number of carbonyl (C=O) groups is 2. The van der Waals surface area contributed by atoms with Crippen LogP contribution in [0.3, 0.4) is 0 Å². The van der Waals surface area contributed by atoms with E-state index in [-0.39, 0.29) is 11.9 Å². The maximum Gasteiger partial charge on any atom is 0.321 e. The first-order valence-electron chi connectivity index (χ1n) is 8.46. The second-order valence-electron chi connectivity index (χ2n) is 6.09. The van der Waals surface area contributed by atoms with E-state index < -0.39 is 11.3 Å². The summed E-state index contributed by atoms with van der Waals surface area (Å²) in [6.45, 7) is 1.75. The van der Waals surface area contributed by atoms with Gasteiger partial charge in [-0.3, -0.25) is 10.1 Å².